The summed E-state index contributed by atoms with van der Waals surface area (Å²) in [6.07, 6.45) is 2.52. The molecular weight excluding hydrogens is 344 g/mol. The monoisotopic (exact) mass is 364 g/mol. The molecule has 0 radical (unpaired) electrons. The third kappa shape index (κ3) is 2.28. The zero-order valence-corrected chi connectivity index (χ0v) is 14.8. The Labute approximate surface area is 139 Å². The van der Waals surface area contributed by atoms with Gasteiger partial charge in [-0.2, -0.15) is 0 Å². The highest BCUT2D eigenvalue weighted by Crippen LogP contribution is 2.45. The summed E-state index contributed by atoms with van der Waals surface area (Å²) >= 11 is 3.54. The maximum Gasteiger partial charge on any atom is 0.179 e. The first-order valence-electron chi connectivity index (χ1n) is 7.98. The molecule has 0 aromatic heterocycles. The molecule has 3 atom stereocenters. The summed E-state index contributed by atoms with van der Waals surface area (Å²) in [5, 5.41) is 0. The van der Waals surface area contributed by atoms with Gasteiger partial charge in [-0.05, 0) is 61.4 Å². The molecule has 1 aromatic rings. The van der Waals surface area contributed by atoms with E-state index < -0.39 is 17.6 Å². The molecule has 118 valence electrons. The number of hydrogen-bond acceptors (Lipinski definition) is 3. The van der Waals surface area contributed by atoms with Crippen molar-refractivity contribution in [2.75, 3.05) is 0 Å². The molecule has 22 heavy (non-hydrogen) atoms. The van der Waals surface area contributed by atoms with Gasteiger partial charge in [0.1, 0.15) is 17.6 Å². The van der Waals surface area contributed by atoms with Crippen LogP contribution in [0.25, 0.3) is 0 Å². The zero-order valence-electron chi connectivity index (χ0n) is 13.2. The van der Waals surface area contributed by atoms with E-state index in [2.05, 4.69) is 29.8 Å². The largest absolute Gasteiger partial charge is 0.356 e. The van der Waals surface area contributed by atoms with Crippen LogP contribution in [0.1, 0.15) is 56.2 Å². The molecule has 2 bridgehead atoms. The van der Waals surface area contributed by atoms with Crippen LogP contribution in [0, 0.1) is 0 Å². The molecular formula is C18H21BrO3. The van der Waals surface area contributed by atoms with Crippen LogP contribution in [-0.2, 0) is 27.2 Å². The van der Waals surface area contributed by atoms with Crippen LogP contribution >= 0.6 is 15.9 Å². The zero-order chi connectivity index (χ0) is 16.1. The Morgan fingerprint density at radius 3 is 2.36 bits per heavy atom. The Hall–Kier alpha value is -1.00. The van der Waals surface area contributed by atoms with Gasteiger partial charge in [0.25, 0.3) is 0 Å². The molecule has 0 amide bonds. The molecule has 0 aliphatic carbocycles. The van der Waals surface area contributed by atoms with E-state index in [4.69, 9.17) is 4.74 Å². The number of carbonyl (C=O) groups excluding carboxylic acids is 2. The molecule has 4 heteroatoms. The minimum absolute atomic E-state index is 0.0494. The van der Waals surface area contributed by atoms with Crippen LogP contribution in [0.15, 0.2) is 16.6 Å². The van der Waals surface area contributed by atoms with Gasteiger partial charge >= 0.3 is 0 Å². The average Bonchev–Trinajstić information content (AvgIpc) is 2.87. The van der Waals surface area contributed by atoms with Crippen molar-refractivity contribution in [2.45, 2.75) is 64.1 Å². The summed E-state index contributed by atoms with van der Waals surface area (Å²) in [4.78, 5) is 25.8. The second-order valence-corrected chi connectivity index (χ2v) is 7.34. The first kappa shape index (κ1) is 15.9. The van der Waals surface area contributed by atoms with Crippen molar-refractivity contribution in [3.63, 3.8) is 0 Å². The fourth-order valence-electron chi connectivity index (χ4n) is 3.81. The molecule has 1 unspecified atom stereocenters. The fourth-order valence-corrected chi connectivity index (χ4v) is 4.36. The summed E-state index contributed by atoms with van der Waals surface area (Å²) in [7, 11) is 0. The topological polar surface area (TPSA) is 43.4 Å². The van der Waals surface area contributed by atoms with E-state index >= 15 is 0 Å². The highest BCUT2D eigenvalue weighted by atomic mass is 79.9. The molecule has 2 aliphatic rings. The van der Waals surface area contributed by atoms with Crippen LogP contribution < -0.4 is 0 Å². The van der Waals surface area contributed by atoms with Crippen LogP contribution in [-0.4, -0.2) is 23.3 Å². The molecule has 3 nitrogen and oxygen atoms in total. The lowest BCUT2D eigenvalue weighted by molar-refractivity contribution is -0.160. The van der Waals surface area contributed by atoms with Gasteiger partial charge in [0.05, 0.1) is 0 Å². The third-order valence-electron chi connectivity index (χ3n) is 5.04. The van der Waals surface area contributed by atoms with Gasteiger partial charge in [0.15, 0.2) is 11.6 Å². The fraction of sp³-hybridized carbons (Fsp3) is 0.556. The standard InChI is InChI=1S/C18H21BrO3/c1-4-10-8-12(19)9-11(5-2)14(10)15-16(20)13-6-7-18(3,22-13)17(15)21/h8-9,13,15H,4-7H2,1-3H3/t13-,15?,18+/m0/s1. The SMILES string of the molecule is CCc1cc(Br)cc(CC)c1C1C(=O)[C@@H]2CC[C@@](C)(O2)C1=O. The molecule has 1 aromatic carbocycles. The van der Waals surface area contributed by atoms with Gasteiger partial charge in [-0.1, -0.05) is 29.8 Å². The molecule has 2 fully saturated rings. The van der Waals surface area contributed by atoms with Gasteiger partial charge in [-0.15, -0.1) is 0 Å². The van der Waals surface area contributed by atoms with Crippen molar-refractivity contribution < 1.29 is 14.3 Å². The van der Waals surface area contributed by atoms with Gasteiger partial charge in [-0.3, -0.25) is 9.59 Å². The molecule has 2 saturated heterocycles. The second-order valence-electron chi connectivity index (χ2n) is 6.42. The molecule has 0 N–H and O–H groups in total. The Morgan fingerprint density at radius 1 is 1.23 bits per heavy atom. The van der Waals surface area contributed by atoms with Gasteiger partial charge in [-0.25, -0.2) is 0 Å². The van der Waals surface area contributed by atoms with E-state index in [1.54, 1.807) is 0 Å². The quantitative estimate of drug-likeness (QED) is 0.767. The number of hydrogen-bond donors (Lipinski definition) is 0. The van der Waals surface area contributed by atoms with Crippen LogP contribution in [0.3, 0.4) is 0 Å². The van der Waals surface area contributed by atoms with E-state index in [9.17, 15) is 9.59 Å². The lowest BCUT2D eigenvalue weighted by atomic mass is 9.77. The minimum atomic E-state index is -0.785. The molecule has 0 spiro atoms. The second kappa shape index (κ2) is 5.57. The number of aryl methyl sites for hydroxylation is 2. The number of Topliss-reactive ketones (excluding diaryl/α,β-unsaturated/α-hetero) is 2. The normalized spacial score (nSPS) is 30.9. The van der Waals surface area contributed by atoms with Crippen molar-refractivity contribution in [1.82, 2.24) is 0 Å². The van der Waals surface area contributed by atoms with E-state index in [1.165, 1.54) is 0 Å². The summed E-state index contributed by atoms with van der Waals surface area (Å²) in [6.45, 7) is 5.97. The number of ketones is 2. The maximum atomic E-state index is 13.0. The van der Waals surface area contributed by atoms with Crippen molar-refractivity contribution in [1.29, 1.82) is 0 Å². The Kier molecular flexibility index (Phi) is 4.02. The van der Waals surface area contributed by atoms with Crippen LogP contribution in [0.5, 0.6) is 0 Å². The van der Waals surface area contributed by atoms with Crippen molar-refractivity contribution in [3.05, 3.63) is 33.3 Å². The van der Waals surface area contributed by atoms with E-state index in [-0.39, 0.29) is 11.6 Å². The van der Waals surface area contributed by atoms with Gasteiger partial charge in [0.2, 0.25) is 0 Å². The minimum Gasteiger partial charge on any atom is -0.356 e. The highest BCUT2D eigenvalue weighted by Gasteiger charge is 2.56. The number of ether oxygens (including phenoxy) is 1. The summed E-state index contributed by atoms with van der Waals surface area (Å²) in [5.41, 5.74) is 2.32. The lowest BCUT2D eigenvalue weighted by Gasteiger charge is -2.34. The van der Waals surface area contributed by atoms with Crippen molar-refractivity contribution >= 4 is 27.5 Å². The van der Waals surface area contributed by atoms with Crippen LogP contribution in [0.2, 0.25) is 0 Å². The van der Waals surface area contributed by atoms with Crippen molar-refractivity contribution in [3.8, 4) is 0 Å². The van der Waals surface area contributed by atoms with Gasteiger partial charge < -0.3 is 4.74 Å². The summed E-state index contributed by atoms with van der Waals surface area (Å²) in [6, 6.07) is 4.07. The summed E-state index contributed by atoms with van der Waals surface area (Å²) < 4.78 is 6.73. The molecule has 2 heterocycles. The van der Waals surface area contributed by atoms with E-state index in [0.717, 1.165) is 34.0 Å². The first-order valence-corrected chi connectivity index (χ1v) is 8.77. The number of halogens is 1. The van der Waals surface area contributed by atoms with Gasteiger partial charge in [0, 0.05) is 4.47 Å². The molecule has 3 rings (SSSR count). The lowest BCUT2D eigenvalue weighted by Crippen LogP contribution is -2.49. The number of carbonyl (C=O) groups is 2. The number of fused-ring (bicyclic) bond motifs is 2. The average molecular weight is 365 g/mol. The maximum absolute atomic E-state index is 13.0. The highest BCUT2D eigenvalue weighted by molar-refractivity contribution is 9.10. The van der Waals surface area contributed by atoms with Crippen molar-refractivity contribution in [2.24, 2.45) is 0 Å². The van der Waals surface area contributed by atoms with E-state index in [0.29, 0.717) is 12.8 Å². The predicted molar refractivity (Wildman–Crippen MR) is 88.2 cm³/mol. The Balaban J connectivity index is 2.18. The number of rotatable bonds is 3. The summed E-state index contributed by atoms with van der Waals surface area (Å²) in [5.74, 6) is -0.756. The first-order chi connectivity index (χ1) is 10.4. The molecule has 0 saturated carbocycles. The smallest absolute Gasteiger partial charge is 0.179 e. The predicted octanol–water partition coefficient (Wildman–Crippen LogP) is 3.75. The van der Waals surface area contributed by atoms with E-state index in [1.807, 2.05) is 19.1 Å². The Morgan fingerprint density at radius 2 is 1.82 bits per heavy atom. The Bertz CT molecular complexity index is 627. The third-order valence-corrected chi connectivity index (χ3v) is 5.50. The number of benzene rings is 1. The molecule has 2 aliphatic heterocycles. The van der Waals surface area contributed by atoms with Crippen LogP contribution in [0.4, 0.5) is 0 Å².